The molecule has 2 aliphatic rings. The number of nitrogens with one attached hydrogen (secondary N) is 2. The van der Waals surface area contributed by atoms with Gasteiger partial charge in [-0.1, -0.05) is 25.7 Å². The lowest BCUT2D eigenvalue weighted by Gasteiger charge is -2.32. The summed E-state index contributed by atoms with van der Waals surface area (Å²) in [5, 5.41) is 5.89. The summed E-state index contributed by atoms with van der Waals surface area (Å²) in [6.45, 7) is 0. The van der Waals surface area contributed by atoms with Crippen LogP contribution in [0.5, 0.6) is 0 Å². The first-order valence-corrected chi connectivity index (χ1v) is 8.86. The summed E-state index contributed by atoms with van der Waals surface area (Å²) in [6, 6.07) is 0.682. The molecule has 0 aliphatic heterocycles. The van der Waals surface area contributed by atoms with Crippen LogP contribution in [-0.4, -0.2) is 43.0 Å². The minimum Gasteiger partial charge on any atom is -0.359 e. The molecule has 0 unspecified atom stereocenters. The van der Waals surface area contributed by atoms with Gasteiger partial charge in [0.2, 0.25) is 5.91 Å². The van der Waals surface area contributed by atoms with Gasteiger partial charge in [0, 0.05) is 32.1 Å². The van der Waals surface area contributed by atoms with E-state index in [4.69, 9.17) is 0 Å². The Kier molecular flexibility index (Phi) is 6.52. The van der Waals surface area contributed by atoms with Gasteiger partial charge < -0.3 is 15.5 Å². The predicted octanol–water partition coefficient (Wildman–Crippen LogP) is 2.66. The minimum absolute atomic E-state index is 0.0651. The van der Waals surface area contributed by atoms with Gasteiger partial charge in [0.05, 0.1) is 0 Å². The molecular weight excluding hydrogens is 278 g/mol. The first-order valence-electron chi connectivity index (χ1n) is 8.86. The molecule has 0 aromatic rings. The van der Waals surface area contributed by atoms with Gasteiger partial charge in [-0.25, -0.2) is 4.79 Å². The van der Waals surface area contributed by atoms with E-state index in [1.807, 2.05) is 11.9 Å². The highest BCUT2D eigenvalue weighted by Gasteiger charge is 2.28. The van der Waals surface area contributed by atoms with E-state index in [9.17, 15) is 9.59 Å². The summed E-state index contributed by atoms with van der Waals surface area (Å²) >= 11 is 0. The van der Waals surface area contributed by atoms with Crippen LogP contribution in [0, 0.1) is 5.92 Å². The van der Waals surface area contributed by atoms with Gasteiger partial charge in [-0.05, 0) is 38.5 Å². The van der Waals surface area contributed by atoms with E-state index < -0.39 is 0 Å². The molecule has 2 fully saturated rings. The molecule has 2 rings (SSSR count). The third kappa shape index (κ3) is 4.62. The van der Waals surface area contributed by atoms with Crippen molar-refractivity contribution in [2.45, 2.75) is 76.3 Å². The van der Waals surface area contributed by atoms with Crippen LogP contribution in [0.1, 0.15) is 64.2 Å². The quantitative estimate of drug-likeness (QED) is 0.787. The van der Waals surface area contributed by atoms with Crippen LogP contribution in [0.3, 0.4) is 0 Å². The number of hydrogen-bond donors (Lipinski definition) is 2. The molecule has 5 heteroatoms. The average molecular weight is 309 g/mol. The lowest BCUT2D eigenvalue weighted by molar-refractivity contribution is -0.125. The molecule has 2 N–H and O–H groups in total. The van der Waals surface area contributed by atoms with Crippen molar-refractivity contribution in [2.75, 3.05) is 14.1 Å². The smallest absolute Gasteiger partial charge is 0.317 e. The second kappa shape index (κ2) is 8.39. The Morgan fingerprint density at radius 3 is 2.05 bits per heavy atom. The van der Waals surface area contributed by atoms with Crippen molar-refractivity contribution in [1.29, 1.82) is 0 Å². The van der Waals surface area contributed by atoms with Crippen LogP contribution in [0.2, 0.25) is 0 Å². The highest BCUT2D eigenvalue weighted by molar-refractivity contribution is 5.78. The van der Waals surface area contributed by atoms with Gasteiger partial charge in [-0.2, -0.15) is 0 Å². The lowest BCUT2D eigenvalue weighted by atomic mass is 9.85. The number of hydrogen-bond acceptors (Lipinski definition) is 2. The van der Waals surface area contributed by atoms with Crippen LogP contribution >= 0.6 is 0 Å². The maximum absolute atomic E-state index is 12.4. The first-order chi connectivity index (χ1) is 10.6. The largest absolute Gasteiger partial charge is 0.359 e. The van der Waals surface area contributed by atoms with Crippen LogP contribution < -0.4 is 10.6 Å². The van der Waals surface area contributed by atoms with Crippen LogP contribution in [0.25, 0.3) is 0 Å². The van der Waals surface area contributed by atoms with Crippen molar-refractivity contribution >= 4 is 11.9 Å². The Morgan fingerprint density at radius 1 is 0.909 bits per heavy atom. The number of urea groups is 1. The molecule has 0 radical (unpaired) electrons. The lowest BCUT2D eigenvalue weighted by Crippen LogP contribution is -2.48. The molecule has 5 nitrogen and oxygen atoms in total. The van der Waals surface area contributed by atoms with Gasteiger partial charge >= 0.3 is 6.03 Å². The number of carbonyl (C=O) groups excluding carboxylic acids is 2. The van der Waals surface area contributed by atoms with Crippen LogP contribution in [0.15, 0.2) is 0 Å². The second-order valence-electron chi connectivity index (χ2n) is 6.87. The molecule has 2 saturated carbocycles. The van der Waals surface area contributed by atoms with Crippen LogP contribution in [0.4, 0.5) is 4.79 Å². The molecule has 0 heterocycles. The van der Waals surface area contributed by atoms with E-state index in [2.05, 4.69) is 10.6 Å². The summed E-state index contributed by atoms with van der Waals surface area (Å²) < 4.78 is 0. The Hall–Kier alpha value is -1.26. The van der Waals surface area contributed by atoms with E-state index in [1.54, 1.807) is 7.05 Å². The molecular formula is C17H31N3O2. The molecule has 0 spiro atoms. The number of amides is 3. The zero-order chi connectivity index (χ0) is 15.9. The Morgan fingerprint density at radius 2 is 1.50 bits per heavy atom. The zero-order valence-corrected chi connectivity index (χ0v) is 14.1. The maximum Gasteiger partial charge on any atom is 0.317 e. The SMILES string of the molecule is CNC(=O)C1CCC(NC(=O)N(C)C2CCCCCC2)CC1. The molecule has 0 bridgehead atoms. The molecule has 0 atom stereocenters. The van der Waals surface area contributed by atoms with E-state index in [0.29, 0.717) is 6.04 Å². The molecule has 22 heavy (non-hydrogen) atoms. The summed E-state index contributed by atoms with van der Waals surface area (Å²) in [6.07, 6.45) is 10.9. The Balaban J connectivity index is 1.76. The molecule has 3 amide bonds. The Bertz CT molecular complexity index is 370. The van der Waals surface area contributed by atoms with Crippen molar-refractivity contribution < 1.29 is 9.59 Å². The summed E-state index contributed by atoms with van der Waals surface area (Å²) in [7, 11) is 3.62. The fraction of sp³-hybridized carbons (Fsp3) is 0.882. The monoisotopic (exact) mass is 309 g/mol. The van der Waals surface area contributed by atoms with Gasteiger partial charge in [-0.3, -0.25) is 4.79 Å². The summed E-state index contributed by atoms with van der Waals surface area (Å²) in [4.78, 5) is 26.0. The molecule has 0 aromatic carbocycles. The van der Waals surface area contributed by atoms with Crippen LogP contribution in [-0.2, 0) is 4.79 Å². The summed E-state index contributed by atoms with van der Waals surface area (Å²) in [5.41, 5.74) is 0. The maximum atomic E-state index is 12.4. The van der Waals surface area contributed by atoms with Gasteiger partial charge in [0.25, 0.3) is 0 Å². The van der Waals surface area contributed by atoms with E-state index in [1.165, 1.54) is 25.7 Å². The third-order valence-electron chi connectivity index (χ3n) is 5.36. The fourth-order valence-electron chi connectivity index (χ4n) is 3.79. The van der Waals surface area contributed by atoms with Crippen molar-refractivity contribution in [2.24, 2.45) is 5.92 Å². The molecule has 126 valence electrons. The van der Waals surface area contributed by atoms with E-state index in [0.717, 1.165) is 38.5 Å². The topological polar surface area (TPSA) is 61.4 Å². The Labute approximate surface area is 134 Å². The van der Waals surface area contributed by atoms with Crippen molar-refractivity contribution in [3.05, 3.63) is 0 Å². The predicted molar refractivity (Wildman–Crippen MR) is 87.6 cm³/mol. The third-order valence-corrected chi connectivity index (χ3v) is 5.36. The average Bonchev–Trinajstić information content (AvgIpc) is 2.83. The highest BCUT2D eigenvalue weighted by atomic mass is 16.2. The van der Waals surface area contributed by atoms with Crippen molar-refractivity contribution in [3.8, 4) is 0 Å². The van der Waals surface area contributed by atoms with Gasteiger partial charge in [-0.15, -0.1) is 0 Å². The number of carbonyl (C=O) groups is 2. The number of rotatable bonds is 3. The molecule has 0 saturated heterocycles. The van der Waals surface area contributed by atoms with E-state index >= 15 is 0 Å². The highest BCUT2D eigenvalue weighted by Crippen LogP contribution is 2.25. The zero-order valence-electron chi connectivity index (χ0n) is 14.1. The van der Waals surface area contributed by atoms with E-state index in [-0.39, 0.29) is 23.9 Å². The second-order valence-corrected chi connectivity index (χ2v) is 6.87. The minimum atomic E-state index is 0.0651. The summed E-state index contributed by atoms with van der Waals surface area (Å²) in [5.74, 6) is 0.262. The van der Waals surface area contributed by atoms with Gasteiger partial charge in [0.15, 0.2) is 0 Å². The van der Waals surface area contributed by atoms with Crippen molar-refractivity contribution in [1.82, 2.24) is 15.5 Å². The first kappa shape index (κ1) is 17.1. The molecule has 0 aromatic heterocycles. The standard InChI is InChI=1S/C17H31N3O2/c1-18-16(21)13-9-11-14(12-10-13)19-17(22)20(2)15-7-5-3-4-6-8-15/h13-15H,3-12H2,1-2H3,(H,18,21)(H,19,22). The van der Waals surface area contributed by atoms with Crippen molar-refractivity contribution in [3.63, 3.8) is 0 Å². The number of nitrogens with zero attached hydrogens (tertiary/aromatic N) is 1. The fourth-order valence-corrected chi connectivity index (χ4v) is 3.79. The normalized spacial score (nSPS) is 26.8. The van der Waals surface area contributed by atoms with Gasteiger partial charge in [0.1, 0.15) is 0 Å². The molecule has 2 aliphatic carbocycles.